The molecule has 0 aliphatic heterocycles. The molecule has 0 amide bonds. The summed E-state index contributed by atoms with van der Waals surface area (Å²) in [5.41, 5.74) is 0. The van der Waals surface area contributed by atoms with Crippen molar-refractivity contribution in [2.24, 2.45) is 0 Å². The predicted molar refractivity (Wildman–Crippen MR) is 75.5 cm³/mol. The molecular formula is C13H22ClN3O. The number of nitrogens with one attached hydrogen (secondary N) is 1. The topological polar surface area (TPSA) is 47.0 Å². The Hall–Kier alpha value is -1.03. The smallest absolute Gasteiger partial charge is 0.318 e. The van der Waals surface area contributed by atoms with Gasteiger partial charge in [-0.25, -0.2) is 4.98 Å². The number of aromatic nitrogens is 2. The predicted octanol–water partition coefficient (Wildman–Crippen LogP) is 3.91. The summed E-state index contributed by atoms with van der Waals surface area (Å²) in [5, 5.41) is 3.74. The van der Waals surface area contributed by atoms with E-state index in [1.165, 1.54) is 32.1 Å². The minimum absolute atomic E-state index is 0.338. The lowest BCUT2D eigenvalue weighted by Crippen LogP contribution is -2.05. The van der Waals surface area contributed by atoms with Crippen LogP contribution in [-0.4, -0.2) is 23.6 Å². The van der Waals surface area contributed by atoms with Crippen molar-refractivity contribution in [3.05, 3.63) is 11.2 Å². The van der Waals surface area contributed by atoms with Crippen LogP contribution >= 0.6 is 11.6 Å². The summed E-state index contributed by atoms with van der Waals surface area (Å²) < 4.78 is 4.96. The molecule has 0 spiro atoms. The lowest BCUT2D eigenvalue weighted by atomic mass is 10.1. The monoisotopic (exact) mass is 271 g/mol. The molecule has 0 radical (unpaired) electrons. The fourth-order valence-electron chi connectivity index (χ4n) is 1.69. The van der Waals surface area contributed by atoms with Crippen molar-refractivity contribution < 1.29 is 4.74 Å². The number of nitrogens with zero attached hydrogens (tertiary/aromatic N) is 2. The summed E-state index contributed by atoms with van der Waals surface area (Å²) in [6.45, 7) is 3.11. The Morgan fingerprint density at radius 3 is 2.67 bits per heavy atom. The molecule has 0 aliphatic carbocycles. The third-order valence-corrected chi connectivity index (χ3v) is 3.00. The minimum atomic E-state index is 0.338. The third kappa shape index (κ3) is 5.54. The molecule has 1 aromatic heterocycles. The Labute approximate surface area is 114 Å². The van der Waals surface area contributed by atoms with Crippen molar-refractivity contribution in [3.8, 4) is 6.01 Å². The van der Waals surface area contributed by atoms with Crippen LogP contribution in [0.5, 0.6) is 6.01 Å². The molecule has 0 aromatic carbocycles. The zero-order valence-electron chi connectivity index (χ0n) is 11.2. The van der Waals surface area contributed by atoms with E-state index in [0.29, 0.717) is 16.9 Å². The zero-order valence-corrected chi connectivity index (χ0v) is 12.0. The third-order valence-electron chi connectivity index (χ3n) is 2.73. The van der Waals surface area contributed by atoms with Crippen molar-refractivity contribution in [2.75, 3.05) is 19.0 Å². The maximum atomic E-state index is 5.99. The highest BCUT2D eigenvalue weighted by Crippen LogP contribution is 2.20. The first-order valence-corrected chi connectivity index (χ1v) is 6.96. The van der Waals surface area contributed by atoms with Crippen molar-refractivity contribution in [2.45, 2.75) is 45.4 Å². The van der Waals surface area contributed by atoms with Gasteiger partial charge in [-0.05, 0) is 6.42 Å². The van der Waals surface area contributed by atoms with E-state index in [-0.39, 0.29) is 0 Å². The van der Waals surface area contributed by atoms with E-state index in [1.54, 1.807) is 13.3 Å². The molecule has 0 fully saturated rings. The lowest BCUT2D eigenvalue weighted by molar-refractivity contribution is 0.380. The highest BCUT2D eigenvalue weighted by molar-refractivity contribution is 6.32. The molecule has 0 atom stereocenters. The number of halogens is 1. The number of hydrogen-bond acceptors (Lipinski definition) is 4. The number of anilines is 1. The molecule has 1 N–H and O–H groups in total. The number of hydrogen-bond donors (Lipinski definition) is 1. The van der Waals surface area contributed by atoms with Gasteiger partial charge in [0.05, 0.1) is 13.3 Å². The van der Waals surface area contributed by atoms with Crippen molar-refractivity contribution >= 4 is 17.4 Å². The van der Waals surface area contributed by atoms with Gasteiger partial charge in [-0.15, -0.1) is 0 Å². The highest BCUT2D eigenvalue weighted by atomic mass is 35.5. The average molecular weight is 272 g/mol. The van der Waals surface area contributed by atoms with Crippen LogP contribution in [0.4, 0.5) is 5.82 Å². The summed E-state index contributed by atoms with van der Waals surface area (Å²) in [7, 11) is 1.54. The van der Waals surface area contributed by atoms with Crippen LogP contribution in [0.1, 0.15) is 45.4 Å². The van der Waals surface area contributed by atoms with Crippen LogP contribution in [-0.2, 0) is 0 Å². The molecule has 0 unspecified atom stereocenters. The molecule has 18 heavy (non-hydrogen) atoms. The van der Waals surface area contributed by atoms with E-state index in [0.717, 1.165) is 13.0 Å². The van der Waals surface area contributed by atoms with Gasteiger partial charge < -0.3 is 10.1 Å². The zero-order chi connectivity index (χ0) is 13.2. The SMILES string of the molecule is CCCCCCCCNc1nc(OC)ncc1Cl. The van der Waals surface area contributed by atoms with Crippen molar-refractivity contribution in [1.82, 2.24) is 9.97 Å². The first-order chi connectivity index (χ1) is 8.77. The maximum absolute atomic E-state index is 5.99. The van der Waals surface area contributed by atoms with E-state index in [4.69, 9.17) is 16.3 Å². The second-order valence-electron chi connectivity index (χ2n) is 4.25. The summed E-state index contributed by atoms with van der Waals surface area (Å²) in [6.07, 6.45) is 9.18. The fourth-order valence-corrected chi connectivity index (χ4v) is 1.84. The fraction of sp³-hybridized carbons (Fsp3) is 0.692. The van der Waals surface area contributed by atoms with Gasteiger partial charge in [-0.2, -0.15) is 4.98 Å². The quantitative estimate of drug-likeness (QED) is 0.692. The lowest BCUT2D eigenvalue weighted by Gasteiger charge is -2.08. The van der Waals surface area contributed by atoms with Gasteiger partial charge in [0.2, 0.25) is 0 Å². The average Bonchev–Trinajstić information content (AvgIpc) is 2.39. The molecule has 1 rings (SSSR count). The molecule has 0 saturated carbocycles. The summed E-state index contributed by atoms with van der Waals surface area (Å²) >= 11 is 5.99. The Morgan fingerprint density at radius 2 is 1.94 bits per heavy atom. The summed E-state index contributed by atoms with van der Waals surface area (Å²) in [4.78, 5) is 8.09. The normalized spacial score (nSPS) is 10.4. The van der Waals surface area contributed by atoms with Crippen molar-refractivity contribution in [3.63, 3.8) is 0 Å². The molecule has 4 nitrogen and oxygen atoms in total. The van der Waals surface area contributed by atoms with E-state index in [1.807, 2.05) is 0 Å². The van der Waals surface area contributed by atoms with E-state index < -0.39 is 0 Å². The van der Waals surface area contributed by atoms with Gasteiger partial charge in [-0.1, -0.05) is 50.6 Å². The van der Waals surface area contributed by atoms with Crippen LogP contribution < -0.4 is 10.1 Å². The standard InChI is InChI=1S/C13H22ClN3O/c1-3-4-5-6-7-8-9-15-12-11(14)10-16-13(17-12)18-2/h10H,3-9H2,1-2H3,(H,15,16,17). The molecule has 1 heterocycles. The first-order valence-electron chi connectivity index (χ1n) is 6.58. The molecule has 0 bridgehead atoms. The van der Waals surface area contributed by atoms with Crippen LogP contribution in [0.15, 0.2) is 6.20 Å². The Morgan fingerprint density at radius 1 is 1.22 bits per heavy atom. The van der Waals surface area contributed by atoms with Gasteiger partial charge in [-0.3, -0.25) is 0 Å². The second-order valence-corrected chi connectivity index (χ2v) is 4.65. The first kappa shape index (κ1) is 15.0. The van der Waals surface area contributed by atoms with Gasteiger partial charge in [0.15, 0.2) is 5.82 Å². The number of methoxy groups -OCH3 is 1. The van der Waals surface area contributed by atoms with Crippen LogP contribution in [0, 0.1) is 0 Å². The molecule has 5 heteroatoms. The largest absolute Gasteiger partial charge is 0.467 e. The van der Waals surface area contributed by atoms with Crippen LogP contribution in [0.25, 0.3) is 0 Å². The minimum Gasteiger partial charge on any atom is -0.467 e. The molecule has 102 valence electrons. The molecule has 0 saturated heterocycles. The van der Waals surface area contributed by atoms with Gasteiger partial charge in [0, 0.05) is 6.54 Å². The Bertz CT molecular complexity index is 347. The van der Waals surface area contributed by atoms with E-state index in [9.17, 15) is 0 Å². The Balaban J connectivity index is 2.22. The summed E-state index contributed by atoms with van der Waals surface area (Å²) in [6, 6.07) is 0.338. The number of unbranched alkanes of at least 4 members (excludes halogenated alkanes) is 5. The maximum Gasteiger partial charge on any atom is 0.318 e. The highest BCUT2D eigenvalue weighted by Gasteiger charge is 2.04. The number of rotatable bonds is 9. The van der Waals surface area contributed by atoms with Gasteiger partial charge in [0.25, 0.3) is 0 Å². The second kappa shape index (κ2) is 8.97. The van der Waals surface area contributed by atoms with E-state index in [2.05, 4.69) is 22.2 Å². The van der Waals surface area contributed by atoms with Gasteiger partial charge in [0.1, 0.15) is 5.02 Å². The Kier molecular flexibility index (Phi) is 7.49. The van der Waals surface area contributed by atoms with Crippen LogP contribution in [0.3, 0.4) is 0 Å². The number of ether oxygens (including phenoxy) is 1. The van der Waals surface area contributed by atoms with Crippen LogP contribution in [0.2, 0.25) is 5.02 Å². The van der Waals surface area contributed by atoms with Gasteiger partial charge >= 0.3 is 6.01 Å². The summed E-state index contributed by atoms with van der Waals surface area (Å²) in [5.74, 6) is 0.650. The molecule has 0 aliphatic rings. The van der Waals surface area contributed by atoms with Crippen molar-refractivity contribution in [1.29, 1.82) is 0 Å². The molecule has 1 aromatic rings. The molecular weight excluding hydrogens is 250 g/mol. The van der Waals surface area contributed by atoms with E-state index >= 15 is 0 Å².